The van der Waals surface area contributed by atoms with Crippen molar-refractivity contribution in [3.63, 3.8) is 0 Å². The van der Waals surface area contributed by atoms with Gasteiger partial charge >= 0.3 is 0 Å². The molecule has 1 atom stereocenters. The number of benzene rings is 2. The highest BCUT2D eigenvalue weighted by molar-refractivity contribution is 8.00. The number of hydrogen-bond acceptors (Lipinski definition) is 5. The number of carbonyl (C=O) groups is 1. The minimum absolute atomic E-state index is 0.0509. The third-order valence-corrected chi connectivity index (χ3v) is 5.60. The van der Waals surface area contributed by atoms with Crippen LogP contribution in [0.15, 0.2) is 58.3 Å². The maximum Gasteiger partial charge on any atom is 0.277 e. The SMILES string of the molecule is Cc1ccc(C(=O)[C@H](C)Sc2nnc(-c3c[nH]c4ccccc34)o2)cc1C. The zero-order chi connectivity index (χ0) is 19.0. The summed E-state index contributed by atoms with van der Waals surface area (Å²) in [5, 5.41) is 9.36. The number of hydrogen-bond donors (Lipinski definition) is 1. The molecule has 2 aromatic heterocycles. The molecule has 6 heteroatoms. The summed E-state index contributed by atoms with van der Waals surface area (Å²) >= 11 is 1.28. The van der Waals surface area contributed by atoms with Crippen molar-refractivity contribution in [2.24, 2.45) is 0 Å². The van der Waals surface area contributed by atoms with Gasteiger partial charge < -0.3 is 9.40 Å². The van der Waals surface area contributed by atoms with Gasteiger partial charge in [-0.05, 0) is 44.0 Å². The smallest absolute Gasteiger partial charge is 0.277 e. The molecule has 0 aliphatic heterocycles. The Morgan fingerprint density at radius 1 is 1.11 bits per heavy atom. The van der Waals surface area contributed by atoms with E-state index in [2.05, 4.69) is 15.2 Å². The van der Waals surface area contributed by atoms with Crippen molar-refractivity contribution in [3.8, 4) is 11.5 Å². The average molecular weight is 377 g/mol. The van der Waals surface area contributed by atoms with Gasteiger partial charge in [-0.2, -0.15) is 0 Å². The molecular formula is C21H19N3O2S. The van der Waals surface area contributed by atoms with Crippen LogP contribution in [0.1, 0.15) is 28.4 Å². The van der Waals surface area contributed by atoms with Crippen LogP contribution in [0.3, 0.4) is 0 Å². The molecule has 0 spiro atoms. The Morgan fingerprint density at radius 2 is 1.93 bits per heavy atom. The number of carbonyl (C=O) groups excluding carboxylic acids is 1. The quantitative estimate of drug-likeness (QED) is 0.382. The lowest BCUT2D eigenvalue weighted by molar-refractivity contribution is 0.0993. The number of nitrogens with zero attached hydrogens (tertiary/aromatic N) is 2. The van der Waals surface area contributed by atoms with Crippen LogP contribution in [0.4, 0.5) is 0 Å². The Balaban J connectivity index is 1.53. The summed E-state index contributed by atoms with van der Waals surface area (Å²) in [6, 6.07) is 13.7. The third kappa shape index (κ3) is 3.40. The molecule has 0 saturated heterocycles. The van der Waals surface area contributed by atoms with E-state index >= 15 is 0 Å². The Labute approximate surface area is 161 Å². The number of ketones is 1. The van der Waals surface area contributed by atoms with Gasteiger partial charge in [-0.15, -0.1) is 10.2 Å². The van der Waals surface area contributed by atoms with Gasteiger partial charge in [0.15, 0.2) is 5.78 Å². The molecule has 4 aromatic rings. The molecule has 0 bridgehead atoms. The molecule has 4 rings (SSSR count). The number of fused-ring (bicyclic) bond motifs is 1. The Hall–Kier alpha value is -2.86. The van der Waals surface area contributed by atoms with E-state index < -0.39 is 0 Å². The van der Waals surface area contributed by atoms with Crippen LogP contribution in [0.25, 0.3) is 22.4 Å². The van der Waals surface area contributed by atoms with E-state index in [1.807, 2.05) is 69.4 Å². The van der Waals surface area contributed by atoms with Gasteiger partial charge in [0.05, 0.1) is 10.8 Å². The van der Waals surface area contributed by atoms with Crippen molar-refractivity contribution in [3.05, 3.63) is 65.4 Å². The number of aromatic amines is 1. The Bertz CT molecular complexity index is 1130. The Morgan fingerprint density at radius 3 is 2.74 bits per heavy atom. The van der Waals surface area contributed by atoms with E-state index in [9.17, 15) is 4.79 Å². The standard InChI is InChI=1S/C21H19N3O2S/c1-12-8-9-15(10-13(12)2)19(25)14(3)27-21-24-23-20(26-21)17-11-22-18-7-5-4-6-16(17)18/h4-11,14,22H,1-3H3/t14-/m0/s1. The van der Waals surface area contributed by atoms with E-state index in [0.29, 0.717) is 16.7 Å². The van der Waals surface area contributed by atoms with E-state index in [1.165, 1.54) is 17.3 Å². The van der Waals surface area contributed by atoms with Crippen molar-refractivity contribution in [2.75, 3.05) is 0 Å². The van der Waals surface area contributed by atoms with Crippen molar-refractivity contribution in [2.45, 2.75) is 31.2 Å². The number of H-pyrrole nitrogens is 1. The molecular weight excluding hydrogens is 358 g/mol. The summed E-state index contributed by atoms with van der Waals surface area (Å²) in [4.78, 5) is 15.9. The minimum atomic E-state index is -0.316. The molecule has 27 heavy (non-hydrogen) atoms. The molecule has 0 saturated carbocycles. The second-order valence-electron chi connectivity index (χ2n) is 6.54. The van der Waals surface area contributed by atoms with Gasteiger partial charge in [0.2, 0.25) is 0 Å². The van der Waals surface area contributed by atoms with E-state index in [1.54, 1.807) is 0 Å². The molecule has 0 amide bonds. The van der Waals surface area contributed by atoms with Crippen LogP contribution in [0.5, 0.6) is 0 Å². The fourth-order valence-corrected chi connectivity index (χ4v) is 3.71. The second kappa shape index (κ2) is 7.04. The van der Waals surface area contributed by atoms with Crippen molar-refractivity contribution >= 4 is 28.4 Å². The predicted octanol–water partition coefficient (Wildman–Crippen LogP) is 5.20. The summed E-state index contributed by atoms with van der Waals surface area (Å²) in [6.45, 7) is 5.90. The molecule has 0 unspecified atom stereocenters. The molecule has 0 aliphatic rings. The fourth-order valence-electron chi connectivity index (χ4n) is 2.95. The van der Waals surface area contributed by atoms with Crippen LogP contribution in [0.2, 0.25) is 0 Å². The number of thioether (sulfide) groups is 1. The maximum atomic E-state index is 12.7. The van der Waals surface area contributed by atoms with Gasteiger partial charge in [-0.1, -0.05) is 42.1 Å². The number of rotatable bonds is 5. The summed E-state index contributed by atoms with van der Waals surface area (Å²) in [5.41, 5.74) is 4.86. The van der Waals surface area contributed by atoms with Crippen LogP contribution < -0.4 is 0 Å². The minimum Gasteiger partial charge on any atom is -0.411 e. The van der Waals surface area contributed by atoms with Crippen molar-refractivity contribution < 1.29 is 9.21 Å². The predicted molar refractivity (Wildman–Crippen MR) is 107 cm³/mol. The highest BCUT2D eigenvalue weighted by Gasteiger charge is 2.21. The Kier molecular flexibility index (Phi) is 4.58. The fraction of sp³-hybridized carbons (Fsp3) is 0.190. The van der Waals surface area contributed by atoms with Gasteiger partial charge in [0.1, 0.15) is 0 Å². The molecule has 0 radical (unpaired) electrons. The molecule has 0 aliphatic carbocycles. The second-order valence-corrected chi connectivity index (χ2v) is 7.84. The monoisotopic (exact) mass is 377 g/mol. The van der Waals surface area contributed by atoms with Crippen LogP contribution in [-0.2, 0) is 0 Å². The third-order valence-electron chi connectivity index (χ3n) is 4.66. The van der Waals surface area contributed by atoms with Gasteiger partial charge in [0.25, 0.3) is 11.1 Å². The number of Topliss-reactive ketones (excluding diaryl/α,β-unsaturated/α-hetero) is 1. The van der Waals surface area contributed by atoms with Crippen molar-refractivity contribution in [1.82, 2.24) is 15.2 Å². The van der Waals surface area contributed by atoms with Crippen LogP contribution in [0, 0.1) is 13.8 Å². The molecule has 136 valence electrons. The van der Waals surface area contributed by atoms with Gasteiger partial charge in [0, 0.05) is 22.7 Å². The normalized spacial score (nSPS) is 12.4. The first-order valence-electron chi connectivity index (χ1n) is 8.71. The first-order valence-corrected chi connectivity index (χ1v) is 9.59. The molecule has 2 aromatic carbocycles. The zero-order valence-electron chi connectivity index (χ0n) is 15.3. The van der Waals surface area contributed by atoms with Crippen LogP contribution in [-0.4, -0.2) is 26.2 Å². The van der Waals surface area contributed by atoms with Crippen LogP contribution >= 0.6 is 11.8 Å². The van der Waals surface area contributed by atoms with E-state index in [4.69, 9.17) is 4.42 Å². The largest absolute Gasteiger partial charge is 0.411 e. The maximum absolute atomic E-state index is 12.7. The first kappa shape index (κ1) is 17.5. The number of para-hydroxylation sites is 1. The van der Waals surface area contributed by atoms with E-state index in [-0.39, 0.29) is 11.0 Å². The lowest BCUT2D eigenvalue weighted by Crippen LogP contribution is -2.13. The summed E-state index contributed by atoms with van der Waals surface area (Å²) < 4.78 is 5.80. The first-order chi connectivity index (χ1) is 13.0. The molecule has 0 fully saturated rings. The number of nitrogens with one attached hydrogen (secondary N) is 1. The lowest BCUT2D eigenvalue weighted by atomic mass is 10.0. The molecule has 1 N–H and O–H groups in total. The summed E-state index contributed by atoms with van der Waals surface area (Å²) in [7, 11) is 0. The van der Waals surface area contributed by atoms with Gasteiger partial charge in [-0.3, -0.25) is 4.79 Å². The highest BCUT2D eigenvalue weighted by atomic mass is 32.2. The number of aromatic nitrogens is 3. The van der Waals surface area contributed by atoms with E-state index in [0.717, 1.165) is 22.0 Å². The lowest BCUT2D eigenvalue weighted by Gasteiger charge is -2.09. The summed E-state index contributed by atoms with van der Waals surface area (Å²) in [5.74, 6) is 0.496. The van der Waals surface area contributed by atoms with Gasteiger partial charge in [-0.25, -0.2) is 0 Å². The van der Waals surface area contributed by atoms with Crippen molar-refractivity contribution in [1.29, 1.82) is 0 Å². The average Bonchev–Trinajstić information content (AvgIpc) is 3.30. The molecule has 2 heterocycles. The highest BCUT2D eigenvalue weighted by Crippen LogP contribution is 2.31. The molecule has 5 nitrogen and oxygen atoms in total. The topological polar surface area (TPSA) is 71.8 Å². The zero-order valence-corrected chi connectivity index (χ0v) is 16.1. The summed E-state index contributed by atoms with van der Waals surface area (Å²) in [6.07, 6.45) is 1.86. The number of aryl methyl sites for hydroxylation is 2.